The predicted octanol–water partition coefficient (Wildman–Crippen LogP) is 4.99. The fraction of sp³-hybridized carbons (Fsp3) is 0.150. The van der Waals surface area contributed by atoms with E-state index in [1.165, 1.54) is 10.9 Å². The van der Waals surface area contributed by atoms with Crippen LogP contribution in [0.3, 0.4) is 0 Å². The van der Waals surface area contributed by atoms with Crippen LogP contribution >= 0.6 is 0 Å². The molecule has 0 aliphatic carbocycles. The molecule has 0 aliphatic heterocycles. The van der Waals surface area contributed by atoms with Gasteiger partial charge in [0.2, 0.25) is 0 Å². The molecule has 0 saturated carbocycles. The minimum atomic E-state index is 0.832. The van der Waals surface area contributed by atoms with E-state index >= 15 is 0 Å². The van der Waals surface area contributed by atoms with Gasteiger partial charge in [-0.05, 0) is 42.1 Å². The summed E-state index contributed by atoms with van der Waals surface area (Å²) in [6.07, 6.45) is 3.81. The Labute approximate surface area is 140 Å². The third kappa shape index (κ3) is 2.36. The van der Waals surface area contributed by atoms with Gasteiger partial charge in [-0.25, -0.2) is 0 Å². The summed E-state index contributed by atoms with van der Waals surface area (Å²) in [7, 11) is 1.66. The number of methoxy groups -OCH3 is 1. The first-order valence-corrected chi connectivity index (χ1v) is 7.98. The van der Waals surface area contributed by atoms with Gasteiger partial charge < -0.3 is 13.8 Å². The molecular weight excluding hydrogens is 300 g/mol. The molecule has 4 aromatic rings. The van der Waals surface area contributed by atoms with Gasteiger partial charge in [-0.2, -0.15) is 0 Å². The minimum absolute atomic E-state index is 0.832. The van der Waals surface area contributed by atoms with E-state index in [4.69, 9.17) is 9.26 Å². The summed E-state index contributed by atoms with van der Waals surface area (Å²) in [6.45, 7) is 3.09. The highest BCUT2D eigenvalue weighted by atomic mass is 16.5. The maximum Gasteiger partial charge on any atom is 0.132 e. The zero-order chi connectivity index (χ0) is 16.5. The molecule has 4 nitrogen and oxygen atoms in total. The zero-order valence-electron chi connectivity index (χ0n) is 13.7. The zero-order valence-corrected chi connectivity index (χ0v) is 13.7. The third-order valence-corrected chi connectivity index (χ3v) is 4.36. The van der Waals surface area contributed by atoms with Crippen molar-refractivity contribution in [3.05, 3.63) is 61.0 Å². The van der Waals surface area contributed by atoms with Crippen molar-refractivity contribution in [1.82, 2.24) is 9.72 Å². The van der Waals surface area contributed by atoms with E-state index in [1.54, 1.807) is 13.4 Å². The van der Waals surface area contributed by atoms with Crippen molar-refractivity contribution in [2.45, 2.75) is 13.5 Å². The average Bonchev–Trinajstić information content (AvgIpc) is 3.28. The van der Waals surface area contributed by atoms with Crippen LogP contribution in [-0.2, 0) is 6.54 Å². The second kappa shape index (κ2) is 5.89. The van der Waals surface area contributed by atoms with Crippen LogP contribution in [0.5, 0.6) is 5.75 Å². The van der Waals surface area contributed by atoms with Crippen LogP contribution in [-0.4, -0.2) is 16.8 Å². The normalized spacial score (nSPS) is 11.1. The van der Waals surface area contributed by atoms with Crippen LogP contribution in [0.15, 0.2) is 65.5 Å². The Hall–Kier alpha value is -3.01. The number of benzene rings is 2. The van der Waals surface area contributed by atoms with Gasteiger partial charge in [-0.15, -0.1) is 0 Å². The molecule has 0 unspecified atom stereocenters. The molecule has 0 fully saturated rings. The fourth-order valence-electron chi connectivity index (χ4n) is 3.03. The van der Waals surface area contributed by atoms with E-state index < -0.39 is 0 Å². The standard InChI is InChI=1S/C20H18N2O2/c1-3-22-11-10-15-4-5-16(12-19(15)22)20-18(13-24-21-20)14-6-8-17(23-2)9-7-14/h4-13H,3H2,1-2H3. The van der Waals surface area contributed by atoms with Crippen LogP contribution in [0.4, 0.5) is 0 Å². The summed E-state index contributed by atoms with van der Waals surface area (Å²) in [4.78, 5) is 0. The maximum atomic E-state index is 5.27. The molecule has 0 atom stereocenters. The first kappa shape index (κ1) is 14.6. The van der Waals surface area contributed by atoms with Crippen molar-refractivity contribution in [2.24, 2.45) is 0 Å². The van der Waals surface area contributed by atoms with E-state index in [2.05, 4.69) is 47.1 Å². The average molecular weight is 318 g/mol. The van der Waals surface area contributed by atoms with Crippen LogP contribution < -0.4 is 4.74 Å². The summed E-state index contributed by atoms with van der Waals surface area (Å²) in [6, 6.07) is 16.4. The molecule has 0 spiro atoms. The van der Waals surface area contributed by atoms with E-state index in [0.29, 0.717) is 0 Å². The quantitative estimate of drug-likeness (QED) is 0.532. The molecule has 2 heterocycles. The number of ether oxygens (including phenoxy) is 1. The van der Waals surface area contributed by atoms with E-state index in [1.807, 2.05) is 24.3 Å². The van der Waals surface area contributed by atoms with Crippen molar-refractivity contribution >= 4 is 10.9 Å². The Balaban J connectivity index is 1.81. The Kier molecular flexibility index (Phi) is 3.58. The molecule has 0 saturated heterocycles. The summed E-state index contributed by atoms with van der Waals surface area (Å²) >= 11 is 0. The molecule has 2 aromatic carbocycles. The topological polar surface area (TPSA) is 40.2 Å². The van der Waals surface area contributed by atoms with E-state index in [-0.39, 0.29) is 0 Å². The van der Waals surface area contributed by atoms with E-state index in [0.717, 1.165) is 34.7 Å². The Morgan fingerprint density at radius 2 is 1.83 bits per heavy atom. The molecule has 0 N–H and O–H groups in total. The molecule has 0 aliphatic rings. The van der Waals surface area contributed by atoms with Crippen LogP contribution in [0.25, 0.3) is 33.3 Å². The third-order valence-electron chi connectivity index (χ3n) is 4.36. The highest BCUT2D eigenvalue weighted by Crippen LogP contribution is 2.33. The summed E-state index contributed by atoms with van der Waals surface area (Å²) in [5, 5.41) is 5.47. The van der Waals surface area contributed by atoms with Gasteiger partial charge in [-0.1, -0.05) is 29.4 Å². The minimum Gasteiger partial charge on any atom is -0.497 e. The molecule has 2 aromatic heterocycles. The Morgan fingerprint density at radius 3 is 2.58 bits per heavy atom. The second-order valence-electron chi connectivity index (χ2n) is 5.68. The van der Waals surface area contributed by atoms with Gasteiger partial charge in [0.05, 0.1) is 7.11 Å². The first-order chi connectivity index (χ1) is 11.8. The molecule has 4 heteroatoms. The maximum absolute atomic E-state index is 5.27. The number of aryl methyl sites for hydroxylation is 1. The van der Waals surface area contributed by atoms with Crippen molar-refractivity contribution in [2.75, 3.05) is 7.11 Å². The summed E-state index contributed by atoms with van der Waals surface area (Å²) < 4.78 is 12.7. The SMILES string of the molecule is CCn1ccc2ccc(-c3nocc3-c3ccc(OC)cc3)cc21. The Morgan fingerprint density at radius 1 is 1.04 bits per heavy atom. The molecule has 4 rings (SSSR count). The number of hydrogen-bond donors (Lipinski definition) is 0. The van der Waals surface area contributed by atoms with Crippen molar-refractivity contribution < 1.29 is 9.26 Å². The number of nitrogens with zero attached hydrogens (tertiary/aromatic N) is 2. The van der Waals surface area contributed by atoms with Crippen molar-refractivity contribution in [3.8, 4) is 28.1 Å². The number of fused-ring (bicyclic) bond motifs is 1. The molecule has 24 heavy (non-hydrogen) atoms. The van der Waals surface area contributed by atoms with Gasteiger partial charge in [0.25, 0.3) is 0 Å². The van der Waals surface area contributed by atoms with Crippen LogP contribution in [0.1, 0.15) is 6.92 Å². The van der Waals surface area contributed by atoms with Gasteiger partial charge in [0, 0.05) is 29.4 Å². The lowest BCUT2D eigenvalue weighted by atomic mass is 10.0. The predicted molar refractivity (Wildman–Crippen MR) is 95.1 cm³/mol. The molecular formula is C20H18N2O2. The molecule has 0 bridgehead atoms. The van der Waals surface area contributed by atoms with E-state index in [9.17, 15) is 0 Å². The van der Waals surface area contributed by atoms with Crippen molar-refractivity contribution in [3.63, 3.8) is 0 Å². The second-order valence-corrected chi connectivity index (χ2v) is 5.68. The van der Waals surface area contributed by atoms with Gasteiger partial charge in [0.15, 0.2) is 0 Å². The number of aromatic nitrogens is 2. The van der Waals surface area contributed by atoms with Crippen molar-refractivity contribution in [1.29, 1.82) is 0 Å². The lowest BCUT2D eigenvalue weighted by molar-refractivity contribution is 0.415. The smallest absolute Gasteiger partial charge is 0.132 e. The molecule has 0 amide bonds. The summed E-state index contributed by atoms with van der Waals surface area (Å²) in [5.74, 6) is 0.832. The fourth-order valence-corrected chi connectivity index (χ4v) is 3.03. The highest BCUT2D eigenvalue weighted by Gasteiger charge is 2.13. The number of hydrogen-bond acceptors (Lipinski definition) is 3. The lowest BCUT2D eigenvalue weighted by Crippen LogP contribution is -1.91. The number of rotatable bonds is 4. The van der Waals surface area contributed by atoms with Crippen LogP contribution in [0, 0.1) is 0 Å². The Bertz CT molecular complexity index is 980. The molecule has 120 valence electrons. The first-order valence-electron chi connectivity index (χ1n) is 7.98. The largest absolute Gasteiger partial charge is 0.497 e. The molecule has 0 radical (unpaired) electrons. The highest BCUT2D eigenvalue weighted by molar-refractivity contribution is 5.88. The van der Waals surface area contributed by atoms with Gasteiger partial charge >= 0.3 is 0 Å². The van der Waals surface area contributed by atoms with Gasteiger partial charge in [-0.3, -0.25) is 0 Å². The van der Waals surface area contributed by atoms with Crippen LogP contribution in [0.2, 0.25) is 0 Å². The lowest BCUT2D eigenvalue weighted by Gasteiger charge is -2.05. The monoisotopic (exact) mass is 318 g/mol. The summed E-state index contributed by atoms with van der Waals surface area (Å²) in [5.41, 5.74) is 5.14. The van der Waals surface area contributed by atoms with Gasteiger partial charge in [0.1, 0.15) is 17.7 Å².